The number of nitrogens with zero attached hydrogens (tertiary/aromatic N) is 1. The summed E-state index contributed by atoms with van der Waals surface area (Å²) in [7, 11) is 0. The van der Waals surface area contributed by atoms with Gasteiger partial charge in [0.05, 0.1) is 5.69 Å². The molecule has 1 aromatic carbocycles. The summed E-state index contributed by atoms with van der Waals surface area (Å²) in [4.78, 5) is 14.2. The molecular formula is C16H22N2O2. The van der Waals surface area contributed by atoms with Gasteiger partial charge in [0, 0.05) is 18.5 Å². The Morgan fingerprint density at radius 1 is 1.35 bits per heavy atom. The van der Waals surface area contributed by atoms with Crippen LogP contribution in [0.5, 0.6) is 0 Å². The van der Waals surface area contributed by atoms with E-state index in [1.165, 1.54) is 5.56 Å². The Morgan fingerprint density at radius 2 is 2.10 bits per heavy atom. The van der Waals surface area contributed by atoms with Crippen LogP contribution in [0.2, 0.25) is 0 Å². The van der Waals surface area contributed by atoms with E-state index in [4.69, 9.17) is 4.74 Å². The van der Waals surface area contributed by atoms with E-state index in [9.17, 15) is 4.79 Å². The number of amides is 1. The van der Waals surface area contributed by atoms with Crippen LogP contribution in [-0.2, 0) is 10.2 Å². The molecule has 0 aliphatic carbocycles. The molecule has 2 aliphatic rings. The summed E-state index contributed by atoms with van der Waals surface area (Å²) in [6.45, 7) is 8.37. The normalized spacial score (nSPS) is 25.1. The summed E-state index contributed by atoms with van der Waals surface area (Å²) in [5.41, 5.74) is 1.88. The first-order valence-corrected chi connectivity index (χ1v) is 7.22. The summed E-state index contributed by atoms with van der Waals surface area (Å²) in [6.07, 6.45) is 0.831. The molecule has 20 heavy (non-hydrogen) atoms. The van der Waals surface area contributed by atoms with Crippen molar-refractivity contribution >= 4 is 11.8 Å². The lowest BCUT2D eigenvalue weighted by Gasteiger charge is -2.26. The van der Waals surface area contributed by atoms with E-state index in [0.29, 0.717) is 6.54 Å². The van der Waals surface area contributed by atoms with E-state index in [2.05, 4.69) is 17.4 Å². The molecule has 2 aliphatic heterocycles. The zero-order valence-corrected chi connectivity index (χ0v) is 12.4. The summed E-state index contributed by atoms with van der Waals surface area (Å²) < 4.78 is 5.55. The van der Waals surface area contributed by atoms with Crippen LogP contribution in [0.4, 0.5) is 10.5 Å². The number of nitrogens with one attached hydrogen (secondary N) is 1. The first-order valence-electron chi connectivity index (χ1n) is 7.22. The van der Waals surface area contributed by atoms with Crippen LogP contribution >= 0.6 is 0 Å². The molecule has 0 radical (unpaired) electrons. The molecule has 1 spiro atoms. The van der Waals surface area contributed by atoms with Crippen molar-refractivity contribution in [3.63, 3.8) is 0 Å². The maximum absolute atomic E-state index is 12.4. The lowest BCUT2D eigenvalue weighted by atomic mass is 9.82. The predicted octanol–water partition coefficient (Wildman–Crippen LogP) is 2.67. The van der Waals surface area contributed by atoms with E-state index >= 15 is 0 Å². The van der Waals surface area contributed by atoms with E-state index in [1.807, 2.05) is 32.9 Å². The summed E-state index contributed by atoms with van der Waals surface area (Å²) in [6, 6.07) is 8.20. The summed E-state index contributed by atoms with van der Waals surface area (Å²) in [5, 5.41) is 3.42. The SMILES string of the molecule is CC(C)(C)OC(=O)N1C[C@@]2(CCNC2)c2ccccc21. The highest BCUT2D eigenvalue weighted by atomic mass is 16.6. The third-order valence-electron chi connectivity index (χ3n) is 4.08. The van der Waals surface area contributed by atoms with Gasteiger partial charge >= 0.3 is 6.09 Å². The topological polar surface area (TPSA) is 41.6 Å². The van der Waals surface area contributed by atoms with Gasteiger partial charge in [-0.1, -0.05) is 18.2 Å². The van der Waals surface area contributed by atoms with Crippen molar-refractivity contribution in [2.45, 2.75) is 38.2 Å². The van der Waals surface area contributed by atoms with Gasteiger partial charge in [0.15, 0.2) is 0 Å². The smallest absolute Gasteiger partial charge is 0.414 e. The maximum Gasteiger partial charge on any atom is 0.414 e. The number of rotatable bonds is 0. The molecular weight excluding hydrogens is 252 g/mol. The average molecular weight is 274 g/mol. The monoisotopic (exact) mass is 274 g/mol. The molecule has 1 N–H and O–H groups in total. The molecule has 108 valence electrons. The van der Waals surface area contributed by atoms with Gasteiger partial charge < -0.3 is 10.1 Å². The van der Waals surface area contributed by atoms with E-state index in [-0.39, 0.29) is 11.5 Å². The first kappa shape index (κ1) is 13.4. The Labute approximate surface area is 120 Å². The Kier molecular flexibility index (Phi) is 3.01. The minimum absolute atomic E-state index is 0.0630. The van der Waals surface area contributed by atoms with Gasteiger partial charge in [-0.3, -0.25) is 4.90 Å². The highest BCUT2D eigenvalue weighted by Gasteiger charge is 2.47. The van der Waals surface area contributed by atoms with Crippen LogP contribution < -0.4 is 10.2 Å². The van der Waals surface area contributed by atoms with Gasteiger partial charge in [-0.25, -0.2) is 4.79 Å². The number of hydrogen-bond donors (Lipinski definition) is 1. The van der Waals surface area contributed by atoms with Gasteiger partial charge in [0.25, 0.3) is 0 Å². The van der Waals surface area contributed by atoms with Crippen LogP contribution in [0.15, 0.2) is 24.3 Å². The van der Waals surface area contributed by atoms with Crippen LogP contribution in [0.25, 0.3) is 0 Å². The third kappa shape index (κ3) is 2.18. The van der Waals surface area contributed by atoms with Crippen LogP contribution in [0.3, 0.4) is 0 Å². The number of carbonyl (C=O) groups is 1. The zero-order valence-electron chi connectivity index (χ0n) is 12.4. The number of anilines is 1. The second-order valence-electron chi connectivity index (χ2n) is 6.79. The molecule has 1 amide bonds. The van der Waals surface area contributed by atoms with Gasteiger partial charge in [-0.05, 0) is 45.4 Å². The molecule has 3 rings (SSSR count). The van der Waals surface area contributed by atoms with Crippen molar-refractivity contribution < 1.29 is 9.53 Å². The Bertz CT molecular complexity index is 528. The highest BCUT2D eigenvalue weighted by molar-refractivity contribution is 5.91. The molecule has 0 aromatic heterocycles. The van der Waals surface area contributed by atoms with Crippen molar-refractivity contribution in [1.29, 1.82) is 0 Å². The van der Waals surface area contributed by atoms with Crippen LogP contribution in [-0.4, -0.2) is 31.3 Å². The summed E-state index contributed by atoms with van der Waals surface area (Å²) >= 11 is 0. The van der Waals surface area contributed by atoms with Crippen molar-refractivity contribution in [2.75, 3.05) is 24.5 Å². The molecule has 0 unspecified atom stereocenters. The molecule has 4 heteroatoms. The molecule has 1 fully saturated rings. The Morgan fingerprint density at radius 3 is 2.75 bits per heavy atom. The van der Waals surface area contributed by atoms with Crippen molar-refractivity contribution in [3.05, 3.63) is 29.8 Å². The quantitative estimate of drug-likeness (QED) is 0.791. The molecule has 0 saturated carbocycles. The minimum Gasteiger partial charge on any atom is -0.443 e. The lowest BCUT2D eigenvalue weighted by molar-refractivity contribution is 0.0578. The molecule has 1 atom stereocenters. The van der Waals surface area contributed by atoms with Gasteiger partial charge in [0.2, 0.25) is 0 Å². The van der Waals surface area contributed by atoms with E-state index in [0.717, 1.165) is 25.2 Å². The number of ether oxygens (including phenoxy) is 1. The van der Waals surface area contributed by atoms with Crippen LogP contribution in [0, 0.1) is 0 Å². The van der Waals surface area contributed by atoms with Crippen molar-refractivity contribution in [3.8, 4) is 0 Å². The van der Waals surface area contributed by atoms with Crippen molar-refractivity contribution in [2.24, 2.45) is 0 Å². The Hall–Kier alpha value is -1.55. The van der Waals surface area contributed by atoms with Crippen molar-refractivity contribution in [1.82, 2.24) is 5.32 Å². The molecule has 2 heterocycles. The van der Waals surface area contributed by atoms with E-state index in [1.54, 1.807) is 4.90 Å². The highest BCUT2D eigenvalue weighted by Crippen LogP contribution is 2.44. The van der Waals surface area contributed by atoms with Crippen LogP contribution in [0.1, 0.15) is 32.8 Å². The second kappa shape index (κ2) is 4.48. The molecule has 4 nitrogen and oxygen atoms in total. The van der Waals surface area contributed by atoms with Gasteiger partial charge in [-0.2, -0.15) is 0 Å². The fourth-order valence-corrected chi connectivity index (χ4v) is 3.22. The fourth-order valence-electron chi connectivity index (χ4n) is 3.22. The largest absolute Gasteiger partial charge is 0.443 e. The Balaban J connectivity index is 1.93. The zero-order chi connectivity index (χ0) is 14.4. The second-order valence-corrected chi connectivity index (χ2v) is 6.79. The molecule has 1 aromatic rings. The molecule has 1 saturated heterocycles. The van der Waals surface area contributed by atoms with E-state index < -0.39 is 5.60 Å². The lowest BCUT2D eigenvalue weighted by Crippen LogP contribution is -2.41. The first-order chi connectivity index (χ1) is 9.41. The third-order valence-corrected chi connectivity index (χ3v) is 4.08. The number of fused-ring (bicyclic) bond motifs is 2. The number of carbonyl (C=O) groups excluding carboxylic acids is 1. The predicted molar refractivity (Wildman–Crippen MR) is 79.2 cm³/mol. The fraction of sp³-hybridized carbons (Fsp3) is 0.562. The maximum atomic E-state index is 12.4. The average Bonchev–Trinajstić information content (AvgIpc) is 2.95. The standard InChI is InChI=1S/C16H22N2O2/c1-15(2,3)20-14(19)18-11-16(8-9-17-10-16)12-6-4-5-7-13(12)18/h4-7,17H,8-11H2,1-3H3/t16-/m0/s1. The summed E-state index contributed by atoms with van der Waals surface area (Å²) in [5.74, 6) is 0. The molecule has 0 bridgehead atoms. The van der Waals surface area contributed by atoms with Gasteiger partial charge in [-0.15, -0.1) is 0 Å². The number of hydrogen-bond acceptors (Lipinski definition) is 3. The number of benzene rings is 1. The number of para-hydroxylation sites is 1. The van der Waals surface area contributed by atoms with Gasteiger partial charge in [0.1, 0.15) is 5.60 Å². The minimum atomic E-state index is -0.463.